The predicted octanol–water partition coefficient (Wildman–Crippen LogP) is 0.213. The Morgan fingerprint density at radius 1 is 1.53 bits per heavy atom. The van der Waals surface area contributed by atoms with E-state index in [1.54, 1.807) is 24.4 Å². The summed E-state index contributed by atoms with van der Waals surface area (Å²) in [7, 11) is -4.07. The number of nitrogens with one attached hydrogen (secondary N) is 2. The Bertz CT molecular complexity index is 432. The van der Waals surface area contributed by atoms with E-state index in [-0.39, 0.29) is 5.11 Å². The number of pyridine rings is 1. The molecule has 0 radical (unpaired) electrons. The summed E-state index contributed by atoms with van der Waals surface area (Å²) in [5.74, 6) is -0.142. The van der Waals surface area contributed by atoms with Gasteiger partial charge in [-0.2, -0.15) is 8.42 Å². The quantitative estimate of drug-likeness (QED) is 0.519. The van der Waals surface area contributed by atoms with Gasteiger partial charge in [-0.3, -0.25) is 4.55 Å². The van der Waals surface area contributed by atoms with Crippen molar-refractivity contribution in [3.63, 3.8) is 0 Å². The van der Waals surface area contributed by atoms with Crippen LogP contribution in [-0.2, 0) is 10.1 Å². The third kappa shape index (κ3) is 5.25. The van der Waals surface area contributed by atoms with E-state index in [0.717, 1.165) is 0 Å². The van der Waals surface area contributed by atoms with Gasteiger partial charge in [0.15, 0.2) is 5.11 Å². The molecule has 0 spiro atoms. The summed E-state index contributed by atoms with van der Waals surface area (Å²) in [6, 6.07) is 5.15. The lowest BCUT2D eigenvalue weighted by atomic mass is 10.5. The van der Waals surface area contributed by atoms with Crippen LogP contribution in [0.1, 0.15) is 0 Å². The van der Waals surface area contributed by atoms with E-state index < -0.39 is 16.0 Å². The Kier molecular flexibility index (Phi) is 3.95. The second-order valence-electron chi connectivity index (χ2n) is 2.57. The number of anilines is 1. The maximum absolute atomic E-state index is 10.4. The first-order chi connectivity index (χ1) is 6.97. The molecule has 0 saturated carbocycles. The van der Waals surface area contributed by atoms with Crippen molar-refractivity contribution in [2.45, 2.75) is 0 Å². The topological polar surface area (TPSA) is 91.3 Å². The Balaban J connectivity index is 2.44. The fraction of sp³-hybridized carbons (Fsp3) is 0.143. The lowest BCUT2D eigenvalue weighted by molar-refractivity contribution is 0.481. The van der Waals surface area contributed by atoms with Gasteiger partial charge in [0.05, 0.1) is 0 Å². The number of hydrogen-bond acceptors (Lipinski definition) is 4. The fourth-order valence-corrected chi connectivity index (χ4v) is 1.35. The van der Waals surface area contributed by atoms with E-state index in [4.69, 9.17) is 16.8 Å². The largest absolute Gasteiger partial charge is 0.347 e. The first-order valence-electron chi connectivity index (χ1n) is 3.88. The van der Waals surface area contributed by atoms with Crippen LogP contribution in [0.15, 0.2) is 24.4 Å². The van der Waals surface area contributed by atoms with Gasteiger partial charge >= 0.3 is 0 Å². The molecule has 0 aliphatic carbocycles. The van der Waals surface area contributed by atoms with Gasteiger partial charge < -0.3 is 10.6 Å². The van der Waals surface area contributed by atoms with Gasteiger partial charge in [-0.15, -0.1) is 0 Å². The maximum atomic E-state index is 10.4. The second-order valence-corrected chi connectivity index (χ2v) is 4.43. The molecule has 15 heavy (non-hydrogen) atoms. The molecule has 0 saturated heterocycles. The van der Waals surface area contributed by atoms with Crippen LogP contribution in [0, 0.1) is 0 Å². The zero-order chi connectivity index (χ0) is 11.3. The molecule has 0 aliphatic rings. The summed E-state index contributed by atoms with van der Waals surface area (Å²) in [5, 5.41) is 5.04. The highest BCUT2D eigenvalue weighted by Crippen LogP contribution is 1.98. The molecular formula is C7H9N3O3S2. The SMILES string of the molecule is O=S(=O)(O)CNC(=S)Nc1ccccn1. The molecule has 1 aromatic heterocycles. The zero-order valence-corrected chi connectivity index (χ0v) is 9.18. The lowest BCUT2D eigenvalue weighted by Gasteiger charge is -2.07. The molecular weight excluding hydrogens is 238 g/mol. The van der Waals surface area contributed by atoms with Gasteiger partial charge in [-0.1, -0.05) is 6.07 Å². The van der Waals surface area contributed by atoms with Gasteiger partial charge in [0.1, 0.15) is 11.7 Å². The Morgan fingerprint density at radius 2 is 2.27 bits per heavy atom. The minimum absolute atomic E-state index is 0.0753. The van der Waals surface area contributed by atoms with Crippen molar-refractivity contribution >= 4 is 33.3 Å². The third-order valence-electron chi connectivity index (χ3n) is 1.32. The second kappa shape index (κ2) is 5.01. The van der Waals surface area contributed by atoms with E-state index in [2.05, 4.69) is 15.6 Å². The van der Waals surface area contributed by atoms with Crippen molar-refractivity contribution in [1.82, 2.24) is 10.3 Å². The molecule has 1 rings (SSSR count). The van der Waals surface area contributed by atoms with Crippen molar-refractivity contribution in [1.29, 1.82) is 0 Å². The van der Waals surface area contributed by atoms with Crippen LogP contribution < -0.4 is 10.6 Å². The van der Waals surface area contributed by atoms with Crippen LogP contribution in [0.2, 0.25) is 0 Å². The summed E-state index contributed by atoms with van der Waals surface area (Å²) in [6.07, 6.45) is 1.56. The monoisotopic (exact) mass is 247 g/mol. The zero-order valence-electron chi connectivity index (χ0n) is 7.54. The molecule has 0 bridgehead atoms. The van der Waals surface area contributed by atoms with E-state index in [1.165, 1.54) is 0 Å². The molecule has 0 aromatic carbocycles. The molecule has 0 unspecified atom stereocenters. The predicted molar refractivity (Wildman–Crippen MR) is 60.0 cm³/mol. The number of hydrogen-bond donors (Lipinski definition) is 3. The van der Waals surface area contributed by atoms with Crippen molar-refractivity contribution in [3.05, 3.63) is 24.4 Å². The minimum Gasteiger partial charge on any atom is -0.347 e. The molecule has 1 aromatic rings. The van der Waals surface area contributed by atoms with E-state index >= 15 is 0 Å². The van der Waals surface area contributed by atoms with E-state index in [1.807, 2.05) is 0 Å². The standard InChI is InChI=1S/C7H9N3O3S2/c11-15(12,13)5-9-7(14)10-6-3-1-2-4-8-6/h1-4H,5H2,(H,11,12,13)(H2,8,9,10,14). The van der Waals surface area contributed by atoms with Gasteiger partial charge in [0.25, 0.3) is 10.1 Å². The average molecular weight is 247 g/mol. The Labute approximate surface area is 92.5 Å². The number of aromatic nitrogens is 1. The molecule has 1 heterocycles. The smallest absolute Gasteiger partial charge is 0.283 e. The van der Waals surface area contributed by atoms with Crippen LogP contribution in [-0.4, -0.2) is 28.9 Å². The first-order valence-corrected chi connectivity index (χ1v) is 5.90. The molecule has 0 aliphatic heterocycles. The summed E-state index contributed by atoms with van der Waals surface area (Å²) >= 11 is 4.77. The normalized spacial score (nSPS) is 10.7. The van der Waals surface area contributed by atoms with E-state index in [0.29, 0.717) is 5.82 Å². The van der Waals surface area contributed by atoms with Crippen LogP contribution in [0.3, 0.4) is 0 Å². The number of thiocarbonyl (C=S) groups is 1. The lowest BCUT2D eigenvalue weighted by Crippen LogP contribution is -2.33. The fourth-order valence-electron chi connectivity index (χ4n) is 0.754. The van der Waals surface area contributed by atoms with E-state index in [9.17, 15) is 8.42 Å². The molecule has 0 amide bonds. The number of rotatable bonds is 3. The summed E-state index contributed by atoms with van der Waals surface area (Å²) in [4.78, 5) is 3.91. The van der Waals surface area contributed by atoms with Crippen molar-refractivity contribution in [3.8, 4) is 0 Å². The third-order valence-corrected chi connectivity index (χ3v) is 2.08. The minimum atomic E-state index is -4.07. The molecule has 0 atom stereocenters. The molecule has 6 nitrogen and oxygen atoms in total. The summed E-state index contributed by atoms with van der Waals surface area (Å²) in [5.41, 5.74) is 0. The summed E-state index contributed by atoms with van der Waals surface area (Å²) in [6.45, 7) is 0. The maximum Gasteiger partial charge on any atom is 0.283 e. The van der Waals surface area contributed by atoms with Crippen molar-refractivity contribution in [2.24, 2.45) is 0 Å². The Hall–Kier alpha value is -1.25. The molecule has 3 N–H and O–H groups in total. The molecule has 82 valence electrons. The van der Waals surface area contributed by atoms with Gasteiger partial charge in [0, 0.05) is 6.20 Å². The van der Waals surface area contributed by atoms with Gasteiger partial charge in [-0.25, -0.2) is 4.98 Å². The van der Waals surface area contributed by atoms with Gasteiger partial charge in [0.2, 0.25) is 0 Å². The average Bonchev–Trinajstić information content (AvgIpc) is 2.15. The van der Waals surface area contributed by atoms with Crippen molar-refractivity contribution in [2.75, 3.05) is 11.2 Å². The molecule has 8 heteroatoms. The first kappa shape index (κ1) is 11.8. The summed E-state index contributed by atoms with van der Waals surface area (Å²) < 4.78 is 29.2. The highest BCUT2D eigenvalue weighted by molar-refractivity contribution is 7.86. The van der Waals surface area contributed by atoms with Crippen LogP contribution in [0.5, 0.6) is 0 Å². The number of nitrogens with zero attached hydrogens (tertiary/aromatic N) is 1. The molecule has 0 fully saturated rings. The van der Waals surface area contributed by atoms with Crippen LogP contribution >= 0.6 is 12.2 Å². The van der Waals surface area contributed by atoms with Crippen molar-refractivity contribution < 1.29 is 13.0 Å². The van der Waals surface area contributed by atoms with Gasteiger partial charge in [-0.05, 0) is 24.4 Å². The van der Waals surface area contributed by atoms with Crippen LogP contribution in [0.25, 0.3) is 0 Å². The Morgan fingerprint density at radius 3 is 2.80 bits per heavy atom. The van der Waals surface area contributed by atoms with Crippen LogP contribution in [0.4, 0.5) is 5.82 Å². The highest BCUT2D eigenvalue weighted by atomic mass is 32.2. The highest BCUT2D eigenvalue weighted by Gasteiger charge is 2.05.